The number of hydrogen-bond acceptors (Lipinski definition) is 3. The van der Waals surface area contributed by atoms with Crippen LogP contribution in [0.15, 0.2) is 42.5 Å². The third-order valence-corrected chi connectivity index (χ3v) is 6.67. The predicted molar refractivity (Wildman–Crippen MR) is 112 cm³/mol. The van der Waals surface area contributed by atoms with Crippen LogP contribution in [0.4, 0.5) is 5.69 Å². The lowest BCUT2D eigenvalue weighted by molar-refractivity contribution is -0.116. The SMILES string of the molecule is Cc1ccc(-c2c(C(=O)O)sc3c2NC(=O)CC3c2ccc(C)c(C)c2)cc1. The van der Waals surface area contributed by atoms with Crippen LogP contribution in [0.3, 0.4) is 0 Å². The summed E-state index contributed by atoms with van der Waals surface area (Å²) in [6.07, 6.45) is 0.322. The van der Waals surface area contributed by atoms with Gasteiger partial charge in [0.1, 0.15) is 4.88 Å². The third kappa shape index (κ3) is 3.12. The molecule has 28 heavy (non-hydrogen) atoms. The Kier molecular flexibility index (Phi) is 4.55. The highest BCUT2D eigenvalue weighted by Gasteiger charge is 2.34. The number of hydrogen-bond donors (Lipinski definition) is 2. The molecule has 0 bridgehead atoms. The molecule has 0 spiro atoms. The van der Waals surface area contributed by atoms with E-state index in [4.69, 9.17) is 0 Å². The monoisotopic (exact) mass is 391 g/mol. The standard InChI is InChI=1S/C23H21NO3S/c1-12-4-7-15(8-5-12)19-20-21(28-22(19)23(26)27)17(11-18(25)24-20)16-9-6-13(2)14(3)10-16/h4-10,17H,11H2,1-3H3,(H,24,25)(H,26,27). The smallest absolute Gasteiger partial charge is 0.346 e. The van der Waals surface area contributed by atoms with Gasteiger partial charge in [0.2, 0.25) is 5.91 Å². The Balaban J connectivity index is 1.93. The van der Waals surface area contributed by atoms with Gasteiger partial charge in [-0.25, -0.2) is 4.79 Å². The maximum atomic E-state index is 12.5. The van der Waals surface area contributed by atoms with E-state index in [0.29, 0.717) is 17.7 Å². The molecule has 4 nitrogen and oxygen atoms in total. The van der Waals surface area contributed by atoms with Crippen molar-refractivity contribution in [3.05, 3.63) is 74.5 Å². The van der Waals surface area contributed by atoms with E-state index in [1.807, 2.05) is 37.3 Å². The maximum Gasteiger partial charge on any atom is 0.346 e. The molecule has 4 rings (SSSR count). The van der Waals surface area contributed by atoms with E-state index in [1.165, 1.54) is 22.5 Å². The van der Waals surface area contributed by atoms with E-state index in [0.717, 1.165) is 21.6 Å². The number of carboxylic acids is 1. The zero-order valence-corrected chi connectivity index (χ0v) is 16.8. The summed E-state index contributed by atoms with van der Waals surface area (Å²) in [5, 5.41) is 12.8. The summed E-state index contributed by atoms with van der Waals surface area (Å²) in [4.78, 5) is 25.7. The fraction of sp³-hybridized carbons (Fsp3) is 0.217. The quantitative estimate of drug-likeness (QED) is 0.618. The van der Waals surface area contributed by atoms with E-state index in [-0.39, 0.29) is 16.7 Å². The summed E-state index contributed by atoms with van der Waals surface area (Å²) >= 11 is 1.27. The molecule has 2 heterocycles. The number of thiophene rings is 1. The minimum atomic E-state index is -0.969. The normalized spacial score (nSPS) is 15.8. The van der Waals surface area contributed by atoms with Crippen LogP contribution in [-0.2, 0) is 4.79 Å². The summed E-state index contributed by atoms with van der Waals surface area (Å²) in [5.41, 5.74) is 6.57. The van der Waals surface area contributed by atoms with E-state index in [1.54, 1.807) is 0 Å². The van der Waals surface area contributed by atoms with Gasteiger partial charge in [0, 0.05) is 22.8 Å². The van der Waals surface area contributed by atoms with Gasteiger partial charge in [-0.05, 0) is 43.0 Å². The fourth-order valence-corrected chi connectivity index (χ4v) is 4.93. The number of anilines is 1. The third-order valence-electron chi connectivity index (χ3n) is 5.37. The molecule has 1 aromatic heterocycles. The molecule has 0 aliphatic carbocycles. The lowest BCUT2D eigenvalue weighted by atomic mass is 9.87. The molecule has 0 saturated heterocycles. The van der Waals surface area contributed by atoms with Crippen LogP contribution in [0.25, 0.3) is 11.1 Å². The minimum Gasteiger partial charge on any atom is -0.477 e. The fourth-order valence-electron chi connectivity index (χ4n) is 3.68. The van der Waals surface area contributed by atoms with Crippen LogP contribution < -0.4 is 5.32 Å². The highest BCUT2D eigenvalue weighted by atomic mass is 32.1. The molecule has 1 unspecified atom stereocenters. The van der Waals surface area contributed by atoms with Gasteiger partial charge < -0.3 is 10.4 Å². The van der Waals surface area contributed by atoms with Crippen molar-refractivity contribution in [2.45, 2.75) is 33.1 Å². The van der Waals surface area contributed by atoms with Crippen LogP contribution in [0.2, 0.25) is 0 Å². The van der Waals surface area contributed by atoms with Crippen LogP contribution in [0.1, 0.15) is 49.1 Å². The Labute approximate surface area is 167 Å². The first kappa shape index (κ1) is 18.4. The Morgan fingerprint density at radius 3 is 2.43 bits per heavy atom. The Bertz CT molecular complexity index is 1100. The average Bonchev–Trinajstić information content (AvgIpc) is 3.03. The summed E-state index contributed by atoms with van der Waals surface area (Å²) in [6.45, 7) is 6.10. The van der Waals surface area contributed by atoms with Gasteiger partial charge in [0.15, 0.2) is 0 Å². The lowest BCUT2D eigenvalue weighted by Crippen LogP contribution is -2.22. The molecule has 1 atom stereocenters. The van der Waals surface area contributed by atoms with Gasteiger partial charge in [-0.15, -0.1) is 11.3 Å². The van der Waals surface area contributed by atoms with Crippen molar-refractivity contribution in [3.63, 3.8) is 0 Å². The second-order valence-corrected chi connectivity index (χ2v) is 8.42. The lowest BCUT2D eigenvalue weighted by Gasteiger charge is -2.24. The van der Waals surface area contributed by atoms with E-state index in [2.05, 4.69) is 31.3 Å². The van der Waals surface area contributed by atoms with Crippen LogP contribution in [0, 0.1) is 20.8 Å². The van der Waals surface area contributed by atoms with Crippen molar-refractivity contribution in [2.24, 2.45) is 0 Å². The molecule has 2 N–H and O–H groups in total. The molecule has 1 aliphatic rings. The molecule has 5 heteroatoms. The molecular formula is C23H21NO3S. The number of fused-ring (bicyclic) bond motifs is 1. The second kappa shape index (κ2) is 6.91. The van der Waals surface area contributed by atoms with E-state index < -0.39 is 5.97 Å². The van der Waals surface area contributed by atoms with Crippen molar-refractivity contribution in [2.75, 3.05) is 5.32 Å². The van der Waals surface area contributed by atoms with Crippen molar-refractivity contribution in [3.8, 4) is 11.1 Å². The highest BCUT2D eigenvalue weighted by Crippen LogP contribution is 2.49. The minimum absolute atomic E-state index is 0.0844. The second-order valence-electron chi connectivity index (χ2n) is 7.37. The van der Waals surface area contributed by atoms with Gasteiger partial charge in [-0.2, -0.15) is 0 Å². The van der Waals surface area contributed by atoms with Gasteiger partial charge in [0.05, 0.1) is 5.69 Å². The van der Waals surface area contributed by atoms with Crippen molar-refractivity contribution in [1.82, 2.24) is 0 Å². The van der Waals surface area contributed by atoms with Crippen molar-refractivity contribution < 1.29 is 14.7 Å². The summed E-state index contributed by atoms with van der Waals surface area (Å²) in [5.74, 6) is -1.19. The largest absolute Gasteiger partial charge is 0.477 e. The summed E-state index contributed by atoms with van der Waals surface area (Å²) < 4.78 is 0. The number of carboxylic acid groups (broad SMARTS) is 1. The van der Waals surface area contributed by atoms with Gasteiger partial charge in [-0.3, -0.25) is 4.79 Å². The van der Waals surface area contributed by atoms with E-state index in [9.17, 15) is 14.7 Å². The number of amides is 1. The average molecular weight is 391 g/mol. The Morgan fingerprint density at radius 2 is 1.79 bits per heavy atom. The first-order valence-electron chi connectivity index (χ1n) is 9.19. The van der Waals surface area contributed by atoms with Gasteiger partial charge >= 0.3 is 5.97 Å². The van der Waals surface area contributed by atoms with Gasteiger partial charge in [-0.1, -0.05) is 48.0 Å². The highest BCUT2D eigenvalue weighted by molar-refractivity contribution is 7.15. The van der Waals surface area contributed by atoms with Crippen molar-refractivity contribution >= 4 is 28.9 Å². The summed E-state index contributed by atoms with van der Waals surface area (Å²) in [6, 6.07) is 13.9. The maximum absolute atomic E-state index is 12.5. The molecule has 1 amide bonds. The number of aryl methyl sites for hydroxylation is 3. The number of benzene rings is 2. The van der Waals surface area contributed by atoms with Crippen LogP contribution in [-0.4, -0.2) is 17.0 Å². The van der Waals surface area contributed by atoms with E-state index >= 15 is 0 Å². The number of carbonyl (C=O) groups is 2. The number of nitrogens with one attached hydrogen (secondary N) is 1. The van der Waals surface area contributed by atoms with Gasteiger partial charge in [0.25, 0.3) is 0 Å². The topological polar surface area (TPSA) is 66.4 Å². The predicted octanol–water partition coefficient (Wildman–Crippen LogP) is 5.51. The van der Waals surface area contributed by atoms with Crippen LogP contribution >= 0.6 is 11.3 Å². The molecule has 0 radical (unpaired) electrons. The molecule has 2 aromatic carbocycles. The zero-order valence-electron chi connectivity index (χ0n) is 16.0. The first-order valence-corrected chi connectivity index (χ1v) is 10.0. The number of rotatable bonds is 3. The van der Waals surface area contributed by atoms with Crippen molar-refractivity contribution in [1.29, 1.82) is 0 Å². The molecular weight excluding hydrogens is 370 g/mol. The first-order chi connectivity index (χ1) is 13.3. The zero-order chi connectivity index (χ0) is 20.0. The number of aromatic carboxylic acids is 1. The molecule has 0 saturated carbocycles. The summed E-state index contributed by atoms with van der Waals surface area (Å²) in [7, 11) is 0. The molecule has 3 aromatic rings. The van der Waals surface area contributed by atoms with Crippen LogP contribution in [0.5, 0.6) is 0 Å². The Morgan fingerprint density at radius 1 is 1.07 bits per heavy atom. The number of carbonyl (C=O) groups excluding carboxylic acids is 1. The Hall–Kier alpha value is -2.92. The molecule has 142 valence electrons. The molecule has 0 fully saturated rings. The molecule has 1 aliphatic heterocycles.